The van der Waals surface area contributed by atoms with E-state index in [1.165, 1.54) is 7.11 Å². The topological polar surface area (TPSA) is 81.4 Å². The lowest BCUT2D eigenvalue weighted by Crippen LogP contribution is -2.36. The van der Waals surface area contributed by atoms with Crippen LogP contribution >= 0.6 is 0 Å². The Labute approximate surface area is 103 Å². The van der Waals surface area contributed by atoms with E-state index in [-0.39, 0.29) is 17.8 Å². The van der Waals surface area contributed by atoms with E-state index < -0.39 is 0 Å². The van der Waals surface area contributed by atoms with Crippen molar-refractivity contribution in [2.45, 2.75) is 33.1 Å². The summed E-state index contributed by atoms with van der Waals surface area (Å²) in [7, 11) is 1.36. The van der Waals surface area contributed by atoms with E-state index >= 15 is 0 Å². The average Bonchev–Trinajstić information content (AvgIpc) is 2.30. The second-order valence-corrected chi connectivity index (χ2v) is 4.53. The van der Waals surface area contributed by atoms with Crippen LogP contribution in [0.1, 0.15) is 33.1 Å². The quantitative estimate of drug-likeness (QED) is 0.486. The van der Waals surface area contributed by atoms with Gasteiger partial charge >= 0.3 is 5.97 Å². The first-order valence-corrected chi connectivity index (χ1v) is 6.05. The van der Waals surface area contributed by atoms with Crippen molar-refractivity contribution in [2.24, 2.45) is 17.6 Å². The molecule has 1 amide bonds. The van der Waals surface area contributed by atoms with Gasteiger partial charge in [0.2, 0.25) is 5.91 Å². The second-order valence-electron chi connectivity index (χ2n) is 4.53. The van der Waals surface area contributed by atoms with Crippen molar-refractivity contribution >= 4 is 11.9 Å². The standard InChI is InChI=1S/C12H24N2O3/c1-9(2)7-10(8-13)12(16)14-6-4-5-11(15)17-3/h9-10H,4-8,13H2,1-3H3,(H,14,16). The predicted molar refractivity (Wildman–Crippen MR) is 66.3 cm³/mol. The van der Waals surface area contributed by atoms with Crippen molar-refractivity contribution in [3.8, 4) is 0 Å². The molecule has 3 N–H and O–H groups in total. The Balaban J connectivity index is 3.79. The SMILES string of the molecule is COC(=O)CCCNC(=O)C(CN)CC(C)C. The number of amides is 1. The third kappa shape index (κ3) is 7.74. The van der Waals surface area contributed by atoms with E-state index in [0.29, 0.717) is 31.8 Å². The summed E-state index contributed by atoms with van der Waals surface area (Å²) in [6, 6.07) is 0. The molecule has 0 saturated carbocycles. The zero-order valence-corrected chi connectivity index (χ0v) is 11.0. The highest BCUT2D eigenvalue weighted by Crippen LogP contribution is 2.10. The van der Waals surface area contributed by atoms with Gasteiger partial charge in [-0.05, 0) is 18.8 Å². The van der Waals surface area contributed by atoms with Crippen molar-refractivity contribution in [1.29, 1.82) is 0 Å². The number of nitrogens with one attached hydrogen (secondary N) is 1. The van der Waals surface area contributed by atoms with E-state index in [9.17, 15) is 9.59 Å². The molecule has 0 aromatic rings. The number of hydrogen-bond donors (Lipinski definition) is 2. The van der Waals surface area contributed by atoms with Gasteiger partial charge in [-0.3, -0.25) is 9.59 Å². The molecule has 0 aromatic heterocycles. The molecule has 0 rings (SSSR count). The second kappa shape index (κ2) is 8.98. The lowest BCUT2D eigenvalue weighted by Gasteiger charge is -2.16. The fourth-order valence-corrected chi connectivity index (χ4v) is 1.57. The molecule has 5 heteroatoms. The summed E-state index contributed by atoms with van der Waals surface area (Å²) in [6.45, 7) is 4.98. The van der Waals surface area contributed by atoms with Gasteiger partial charge in [-0.1, -0.05) is 13.8 Å². The average molecular weight is 244 g/mol. The number of carbonyl (C=O) groups is 2. The van der Waals surface area contributed by atoms with Crippen LogP contribution < -0.4 is 11.1 Å². The zero-order valence-electron chi connectivity index (χ0n) is 11.0. The molecular weight excluding hydrogens is 220 g/mol. The van der Waals surface area contributed by atoms with Crippen LogP contribution in [0.15, 0.2) is 0 Å². The van der Waals surface area contributed by atoms with Crippen LogP contribution in [0.3, 0.4) is 0 Å². The van der Waals surface area contributed by atoms with Crippen LogP contribution in [0.2, 0.25) is 0 Å². The molecule has 0 spiro atoms. The van der Waals surface area contributed by atoms with Crippen molar-refractivity contribution in [3.05, 3.63) is 0 Å². The zero-order chi connectivity index (χ0) is 13.3. The number of carbonyl (C=O) groups excluding carboxylic acids is 2. The molecule has 100 valence electrons. The first-order valence-electron chi connectivity index (χ1n) is 6.05. The van der Waals surface area contributed by atoms with Gasteiger partial charge in [0.05, 0.1) is 13.0 Å². The Kier molecular flexibility index (Phi) is 8.40. The molecule has 0 saturated heterocycles. The summed E-state index contributed by atoms with van der Waals surface area (Å²) in [5.74, 6) is 0.0420. The fourth-order valence-electron chi connectivity index (χ4n) is 1.57. The molecule has 0 radical (unpaired) electrons. The Hall–Kier alpha value is -1.10. The molecule has 5 nitrogen and oxygen atoms in total. The maximum Gasteiger partial charge on any atom is 0.305 e. The third-order valence-corrected chi connectivity index (χ3v) is 2.50. The van der Waals surface area contributed by atoms with Crippen molar-refractivity contribution in [1.82, 2.24) is 5.32 Å². The number of rotatable bonds is 8. The highest BCUT2D eigenvalue weighted by molar-refractivity contribution is 5.78. The van der Waals surface area contributed by atoms with Crippen molar-refractivity contribution in [2.75, 3.05) is 20.2 Å². The molecule has 1 atom stereocenters. The van der Waals surface area contributed by atoms with Gasteiger partial charge in [0.25, 0.3) is 0 Å². The van der Waals surface area contributed by atoms with Gasteiger partial charge < -0.3 is 15.8 Å². The molecule has 0 bridgehead atoms. The Morgan fingerprint density at radius 3 is 2.47 bits per heavy atom. The molecule has 0 fully saturated rings. The van der Waals surface area contributed by atoms with E-state index in [4.69, 9.17) is 5.73 Å². The Bertz CT molecular complexity index is 242. The number of nitrogens with two attached hydrogens (primary N) is 1. The number of ether oxygens (including phenoxy) is 1. The van der Waals surface area contributed by atoms with E-state index in [1.54, 1.807) is 0 Å². The molecule has 1 unspecified atom stereocenters. The first kappa shape index (κ1) is 15.9. The lowest BCUT2D eigenvalue weighted by molar-refractivity contribution is -0.140. The van der Waals surface area contributed by atoms with Crippen LogP contribution in [0.5, 0.6) is 0 Å². The number of hydrogen-bond acceptors (Lipinski definition) is 4. The minimum absolute atomic E-state index is 0.0222. The minimum atomic E-state index is -0.253. The first-order chi connectivity index (χ1) is 8.01. The van der Waals surface area contributed by atoms with Crippen LogP contribution in [-0.4, -0.2) is 32.1 Å². The summed E-state index contributed by atoms with van der Waals surface area (Å²) in [6.07, 6.45) is 1.71. The normalized spacial score (nSPS) is 12.3. The molecule has 0 heterocycles. The van der Waals surface area contributed by atoms with Crippen molar-refractivity contribution < 1.29 is 14.3 Å². The monoisotopic (exact) mass is 244 g/mol. The van der Waals surface area contributed by atoms with Gasteiger partial charge in [-0.2, -0.15) is 0 Å². The maximum atomic E-state index is 11.7. The van der Waals surface area contributed by atoms with Crippen LogP contribution in [0.4, 0.5) is 0 Å². The fraction of sp³-hybridized carbons (Fsp3) is 0.833. The Morgan fingerprint density at radius 1 is 1.35 bits per heavy atom. The maximum absolute atomic E-state index is 11.7. The van der Waals surface area contributed by atoms with Gasteiger partial charge in [-0.25, -0.2) is 0 Å². The number of methoxy groups -OCH3 is 1. The lowest BCUT2D eigenvalue weighted by atomic mass is 9.96. The number of esters is 1. The Morgan fingerprint density at radius 2 is 2.00 bits per heavy atom. The molecule has 0 aromatic carbocycles. The van der Waals surface area contributed by atoms with Crippen LogP contribution in [0.25, 0.3) is 0 Å². The summed E-state index contributed by atoms with van der Waals surface area (Å²) in [5.41, 5.74) is 5.56. The largest absolute Gasteiger partial charge is 0.469 e. The summed E-state index contributed by atoms with van der Waals surface area (Å²) in [5, 5.41) is 2.79. The summed E-state index contributed by atoms with van der Waals surface area (Å²) >= 11 is 0. The van der Waals surface area contributed by atoms with E-state index in [2.05, 4.69) is 23.9 Å². The predicted octanol–water partition coefficient (Wildman–Crippen LogP) is 0.677. The smallest absolute Gasteiger partial charge is 0.305 e. The molecule has 0 aliphatic carbocycles. The highest BCUT2D eigenvalue weighted by atomic mass is 16.5. The third-order valence-electron chi connectivity index (χ3n) is 2.50. The molecule has 0 aliphatic rings. The van der Waals surface area contributed by atoms with Crippen LogP contribution in [0, 0.1) is 11.8 Å². The van der Waals surface area contributed by atoms with E-state index in [1.807, 2.05) is 0 Å². The van der Waals surface area contributed by atoms with Gasteiger partial charge in [0.15, 0.2) is 0 Å². The van der Waals surface area contributed by atoms with Gasteiger partial charge in [0, 0.05) is 19.5 Å². The van der Waals surface area contributed by atoms with Gasteiger partial charge in [0.1, 0.15) is 0 Å². The van der Waals surface area contributed by atoms with Crippen molar-refractivity contribution in [3.63, 3.8) is 0 Å². The highest BCUT2D eigenvalue weighted by Gasteiger charge is 2.17. The minimum Gasteiger partial charge on any atom is -0.469 e. The summed E-state index contributed by atoms with van der Waals surface area (Å²) in [4.78, 5) is 22.6. The van der Waals surface area contributed by atoms with Crippen LogP contribution in [-0.2, 0) is 14.3 Å². The van der Waals surface area contributed by atoms with E-state index in [0.717, 1.165) is 6.42 Å². The molecular formula is C12H24N2O3. The van der Waals surface area contributed by atoms with Gasteiger partial charge in [-0.15, -0.1) is 0 Å². The molecule has 17 heavy (non-hydrogen) atoms. The summed E-state index contributed by atoms with van der Waals surface area (Å²) < 4.78 is 4.51. The molecule has 0 aliphatic heterocycles.